The Hall–Kier alpha value is -4.89. The van der Waals surface area contributed by atoms with Crippen molar-refractivity contribution in [3.63, 3.8) is 0 Å². The monoisotopic (exact) mass is 545 g/mol. The summed E-state index contributed by atoms with van der Waals surface area (Å²) in [5.41, 5.74) is 4.82. The van der Waals surface area contributed by atoms with Gasteiger partial charge >= 0.3 is 5.63 Å². The highest BCUT2D eigenvalue weighted by Crippen LogP contribution is 2.43. The Morgan fingerprint density at radius 2 is 1.71 bits per heavy atom. The van der Waals surface area contributed by atoms with Gasteiger partial charge in [-0.25, -0.2) is 4.79 Å². The third kappa shape index (κ3) is 4.85. The lowest BCUT2D eigenvalue weighted by Gasteiger charge is -2.23. The van der Waals surface area contributed by atoms with Crippen LogP contribution in [0.5, 0.6) is 11.5 Å². The number of benzene rings is 2. The van der Waals surface area contributed by atoms with E-state index >= 15 is 0 Å². The molecule has 1 heterocycles. The van der Waals surface area contributed by atoms with Crippen molar-refractivity contribution in [3.8, 4) is 28.7 Å². The average molecular weight is 546 g/mol. The molecular formula is C35H31NO5. The fourth-order valence-corrected chi connectivity index (χ4v) is 5.69. The standard InChI is InChI=1S/C35H31NO5/c1-19(2)22-13-14-25-20(3)16-27(30(25)21(4)15-22)33(37)28(18-36)31(23-9-8-10-24(17-23)40-5)32-34(38)26-11-6-7-12-29(26)41-35(32)39/h6-17,19,28,31,38H,1-5H3. The fraction of sp³-hybridized carbons (Fsp3) is 0.229. The van der Waals surface area contributed by atoms with Crippen LogP contribution in [0.3, 0.4) is 0 Å². The highest BCUT2D eigenvalue weighted by molar-refractivity contribution is 6.08. The summed E-state index contributed by atoms with van der Waals surface area (Å²) in [5.74, 6) is -2.45. The summed E-state index contributed by atoms with van der Waals surface area (Å²) >= 11 is 0. The van der Waals surface area contributed by atoms with Gasteiger partial charge in [0.25, 0.3) is 0 Å². The second-order valence-electron chi connectivity index (χ2n) is 10.7. The van der Waals surface area contributed by atoms with Crippen molar-refractivity contribution < 1.29 is 19.1 Å². The zero-order chi connectivity index (χ0) is 29.4. The molecule has 1 N–H and O–H groups in total. The lowest BCUT2D eigenvalue weighted by Crippen LogP contribution is -2.26. The van der Waals surface area contributed by atoms with E-state index in [1.54, 1.807) is 48.5 Å². The molecule has 0 aliphatic heterocycles. The van der Waals surface area contributed by atoms with Gasteiger partial charge in [-0.05, 0) is 83.5 Å². The molecule has 0 saturated carbocycles. The van der Waals surface area contributed by atoms with Gasteiger partial charge in [0.05, 0.1) is 24.1 Å². The van der Waals surface area contributed by atoms with Crippen molar-refractivity contribution in [2.24, 2.45) is 5.92 Å². The molecule has 3 aromatic rings. The average Bonchev–Trinajstić information content (AvgIpc) is 3.19. The van der Waals surface area contributed by atoms with Crippen LogP contribution in [-0.2, 0) is 0 Å². The molecule has 0 fully saturated rings. The van der Waals surface area contributed by atoms with Gasteiger partial charge in [-0.2, -0.15) is 5.26 Å². The van der Waals surface area contributed by atoms with Gasteiger partial charge in [-0.15, -0.1) is 0 Å². The molecule has 0 radical (unpaired) electrons. The van der Waals surface area contributed by atoms with Crippen LogP contribution < -0.4 is 10.4 Å². The first-order valence-electron chi connectivity index (χ1n) is 13.5. The maximum absolute atomic E-state index is 14.4. The summed E-state index contributed by atoms with van der Waals surface area (Å²) in [6.45, 7) is 8.14. The van der Waals surface area contributed by atoms with Crippen molar-refractivity contribution in [1.82, 2.24) is 0 Å². The molecular weight excluding hydrogens is 514 g/mol. The van der Waals surface area contributed by atoms with Crippen LogP contribution in [-0.4, -0.2) is 18.0 Å². The number of nitrogens with zero attached hydrogens (tertiary/aromatic N) is 1. The number of ketones is 1. The number of aryl methyl sites for hydroxylation is 2. The molecule has 6 heteroatoms. The number of carbonyl (C=O) groups is 1. The minimum absolute atomic E-state index is 0.145. The molecule has 206 valence electrons. The minimum Gasteiger partial charge on any atom is -0.507 e. The molecule has 0 saturated heterocycles. The zero-order valence-electron chi connectivity index (χ0n) is 23.7. The molecule has 0 amide bonds. The van der Waals surface area contributed by atoms with Crippen LogP contribution in [0.2, 0.25) is 0 Å². The van der Waals surface area contributed by atoms with Crippen molar-refractivity contribution >= 4 is 16.8 Å². The number of hydrogen-bond donors (Lipinski definition) is 1. The molecule has 2 unspecified atom stereocenters. The molecule has 6 nitrogen and oxygen atoms in total. The quantitative estimate of drug-likeness (QED) is 0.168. The van der Waals surface area contributed by atoms with E-state index in [0.29, 0.717) is 28.2 Å². The summed E-state index contributed by atoms with van der Waals surface area (Å²) in [4.78, 5) is 27.9. The topological polar surface area (TPSA) is 101 Å². The van der Waals surface area contributed by atoms with E-state index in [-0.39, 0.29) is 16.9 Å². The largest absolute Gasteiger partial charge is 0.507 e. The smallest absolute Gasteiger partial charge is 0.343 e. The number of aromatic hydroxyl groups is 1. The molecule has 0 spiro atoms. The van der Waals surface area contributed by atoms with Crippen molar-refractivity contribution in [1.29, 1.82) is 5.26 Å². The zero-order valence-corrected chi connectivity index (χ0v) is 23.7. The Morgan fingerprint density at radius 3 is 2.41 bits per heavy atom. The number of para-hydroxylation sites is 1. The highest BCUT2D eigenvalue weighted by atomic mass is 16.5. The predicted molar refractivity (Wildman–Crippen MR) is 159 cm³/mol. The van der Waals surface area contributed by atoms with Crippen LogP contribution in [0.1, 0.15) is 63.9 Å². The van der Waals surface area contributed by atoms with E-state index in [2.05, 4.69) is 32.0 Å². The second-order valence-corrected chi connectivity index (χ2v) is 10.7. The predicted octanol–water partition coefficient (Wildman–Crippen LogP) is 7.51. The summed E-state index contributed by atoms with van der Waals surface area (Å²) < 4.78 is 11.0. The molecule has 2 aromatic carbocycles. The number of hydrogen-bond acceptors (Lipinski definition) is 6. The van der Waals surface area contributed by atoms with Gasteiger partial charge in [0.15, 0.2) is 5.78 Å². The molecule has 0 bridgehead atoms. The Morgan fingerprint density at radius 1 is 0.951 bits per heavy atom. The minimum atomic E-state index is -1.35. The van der Waals surface area contributed by atoms with Gasteiger partial charge in [-0.3, -0.25) is 4.79 Å². The van der Waals surface area contributed by atoms with Gasteiger partial charge in [-0.1, -0.05) is 56.3 Å². The number of fused-ring (bicyclic) bond motifs is 2. The van der Waals surface area contributed by atoms with Crippen LogP contribution in [0.15, 0.2) is 82.0 Å². The van der Waals surface area contributed by atoms with Crippen LogP contribution >= 0.6 is 0 Å². The first-order chi connectivity index (χ1) is 19.7. The molecule has 41 heavy (non-hydrogen) atoms. The molecule has 1 aromatic heterocycles. The van der Waals surface area contributed by atoms with E-state index in [0.717, 1.165) is 27.8 Å². The normalized spacial score (nSPS) is 12.8. The van der Waals surface area contributed by atoms with E-state index in [9.17, 15) is 20.0 Å². The number of carbonyl (C=O) groups excluding carboxylic acids is 1. The number of Topliss-reactive ketones (excluding diaryl/α,β-unsaturated/α-hetero) is 1. The Kier molecular flexibility index (Phi) is 7.38. The van der Waals surface area contributed by atoms with E-state index in [1.165, 1.54) is 7.11 Å². The maximum atomic E-state index is 14.4. The maximum Gasteiger partial charge on any atom is 0.343 e. The Balaban J connectivity index is 1.76. The summed E-state index contributed by atoms with van der Waals surface area (Å²) in [6.07, 6.45) is 0. The number of nitriles is 1. The lowest BCUT2D eigenvalue weighted by atomic mass is 9.77. The summed E-state index contributed by atoms with van der Waals surface area (Å²) in [6, 6.07) is 23.6. The first-order valence-corrected chi connectivity index (χ1v) is 13.5. The number of rotatable bonds is 7. The number of ether oxygens (including phenoxy) is 1. The summed E-state index contributed by atoms with van der Waals surface area (Å²) in [5, 5.41) is 22.3. The van der Waals surface area contributed by atoms with Gasteiger partial charge in [0.1, 0.15) is 23.0 Å². The number of methoxy groups -OCH3 is 1. The Bertz CT molecular complexity index is 1860. The molecule has 5 rings (SSSR count). The van der Waals surface area contributed by atoms with Crippen molar-refractivity contribution in [3.05, 3.63) is 117 Å². The first kappa shape index (κ1) is 27.7. The van der Waals surface area contributed by atoms with Crippen molar-refractivity contribution in [2.45, 2.75) is 39.5 Å². The van der Waals surface area contributed by atoms with Gasteiger partial charge < -0.3 is 14.3 Å². The SMILES string of the molecule is COc1cccc(C(c2c(O)c3ccccc3oc2=O)C(C#N)C(=O)c2cc(C)c3ccc(C(C)C)cc(C)c2-3)c1. The fourth-order valence-electron chi connectivity index (χ4n) is 5.69. The summed E-state index contributed by atoms with van der Waals surface area (Å²) in [7, 11) is 1.51. The Labute approximate surface area is 238 Å². The van der Waals surface area contributed by atoms with Crippen molar-refractivity contribution in [2.75, 3.05) is 7.11 Å². The molecule has 2 aliphatic rings. The molecule has 2 aliphatic carbocycles. The van der Waals surface area contributed by atoms with Gasteiger partial charge in [0, 0.05) is 11.5 Å². The highest BCUT2D eigenvalue weighted by Gasteiger charge is 2.38. The third-order valence-corrected chi connectivity index (χ3v) is 7.82. The van der Waals surface area contributed by atoms with E-state index in [4.69, 9.17) is 9.15 Å². The van der Waals surface area contributed by atoms with Crippen LogP contribution in [0.25, 0.3) is 22.1 Å². The van der Waals surface area contributed by atoms with Crippen LogP contribution in [0.4, 0.5) is 0 Å². The molecule has 2 atom stereocenters. The lowest BCUT2D eigenvalue weighted by molar-refractivity contribution is 0.0940. The second kappa shape index (κ2) is 10.9. The van der Waals surface area contributed by atoms with E-state index in [1.807, 2.05) is 26.0 Å². The third-order valence-electron chi connectivity index (χ3n) is 7.82. The van der Waals surface area contributed by atoms with E-state index < -0.39 is 23.2 Å². The van der Waals surface area contributed by atoms with Gasteiger partial charge in [0.2, 0.25) is 0 Å². The van der Waals surface area contributed by atoms with Crippen LogP contribution in [0, 0.1) is 31.1 Å².